The van der Waals surface area contributed by atoms with E-state index in [4.69, 9.17) is 25.8 Å². The fourth-order valence-corrected chi connectivity index (χ4v) is 4.36. The Morgan fingerprint density at radius 1 is 1.28 bits per heavy atom. The Hall–Kier alpha value is -3.14. The van der Waals surface area contributed by atoms with Gasteiger partial charge in [0.05, 0.1) is 29.7 Å². The van der Waals surface area contributed by atoms with E-state index in [9.17, 15) is 4.79 Å². The zero-order valence-corrected chi connectivity index (χ0v) is 21.8. The van der Waals surface area contributed by atoms with Crippen molar-refractivity contribution in [3.8, 4) is 16.7 Å². The van der Waals surface area contributed by atoms with Gasteiger partial charge < -0.3 is 24.4 Å². The molecule has 1 N–H and O–H groups in total. The number of amides is 1. The number of carbonyl (C=O) groups excluding carboxylic acids is 1. The van der Waals surface area contributed by atoms with Crippen molar-refractivity contribution in [1.82, 2.24) is 15.3 Å². The van der Waals surface area contributed by atoms with Crippen LogP contribution in [0.2, 0.25) is 5.02 Å². The van der Waals surface area contributed by atoms with Crippen molar-refractivity contribution in [3.63, 3.8) is 0 Å². The van der Waals surface area contributed by atoms with Gasteiger partial charge >= 0.3 is 0 Å². The second-order valence-electron chi connectivity index (χ2n) is 8.19. The Kier molecular flexibility index (Phi) is 9.16. The Balaban J connectivity index is 1.31. The predicted molar refractivity (Wildman–Crippen MR) is 143 cm³/mol. The fraction of sp³-hybridized carbons (Fsp3) is 0.346. The summed E-state index contributed by atoms with van der Waals surface area (Å²) in [6, 6.07) is 8.67. The highest BCUT2D eigenvalue weighted by atomic mass is 35.5. The van der Waals surface area contributed by atoms with E-state index < -0.39 is 0 Å². The van der Waals surface area contributed by atoms with Gasteiger partial charge in [-0.1, -0.05) is 35.9 Å². The third kappa shape index (κ3) is 7.19. The number of benzene rings is 1. The summed E-state index contributed by atoms with van der Waals surface area (Å²) < 4.78 is 16.8. The highest BCUT2D eigenvalue weighted by molar-refractivity contribution is 7.14. The second-order valence-corrected chi connectivity index (χ2v) is 9.63. The summed E-state index contributed by atoms with van der Waals surface area (Å²) in [5.41, 5.74) is 0.572. The van der Waals surface area contributed by atoms with Crippen LogP contribution >= 0.6 is 22.9 Å². The molecule has 1 aliphatic rings. The zero-order valence-electron chi connectivity index (χ0n) is 20.3. The molecule has 3 heterocycles. The van der Waals surface area contributed by atoms with Crippen molar-refractivity contribution in [2.24, 2.45) is 0 Å². The third-order valence-electron chi connectivity index (χ3n) is 5.33. The van der Waals surface area contributed by atoms with Crippen molar-refractivity contribution in [2.75, 3.05) is 37.8 Å². The maximum Gasteiger partial charge on any atom is 0.279 e. The highest BCUT2D eigenvalue weighted by Crippen LogP contribution is 2.34. The lowest BCUT2D eigenvalue weighted by atomic mass is 10.2. The van der Waals surface area contributed by atoms with Gasteiger partial charge in [-0.3, -0.25) is 4.79 Å². The largest absolute Gasteiger partial charge is 0.494 e. The Labute approximate surface area is 219 Å². The van der Waals surface area contributed by atoms with Crippen molar-refractivity contribution in [3.05, 3.63) is 64.3 Å². The van der Waals surface area contributed by atoms with E-state index in [0.717, 1.165) is 30.2 Å². The van der Waals surface area contributed by atoms with Crippen LogP contribution in [0.4, 0.5) is 5.82 Å². The van der Waals surface area contributed by atoms with Crippen LogP contribution in [-0.2, 0) is 4.74 Å². The molecule has 1 aliphatic heterocycles. The van der Waals surface area contributed by atoms with E-state index >= 15 is 0 Å². The van der Waals surface area contributed by atoms with Crippen LogP contribution in [0.15, 0.2) is 48.8 Å². The van der Waals surface area contributed by atoms with Crippen LogP contribution in [0.3, 0.4) is 0 Å². The quantitative estimate of drug-likeness (QED) is 0.375. The van der Waals surface area contributed by atoms with Crippen molar-refractivity contribution < 1.29 is 19.0 Å². The van der Waals surface area contributed by atoms with E-state index in [1.54, 1.807) is 30.6 Å². The summed E-state index contributed by atoms with van der Waals surface area (Å²) in [6.45, 7) is 7.46. The number of morpholine rings is 1. The number of nitrogens with one attached hydrogen (secondary N) is 1. The SMILES string of the molecule is CCCOc1ccc(Oc2ncc(/C=C/[C@H](C)NC(=O)c3ccnc(N4CCOCC4)c3)s2)c(Cl)c1. The second kappa shape index (κ2) is 12.7. The average molecular weight is 529 g/mol. The number of thiazole rings is 1. The molecule has 0 spiro atoms. The number of aromatic nitrogens is 2. The number of hydrogen-bond acceptors (Lipinski definition) is 8. The number of pyridine rings is 1. The molecule has 2 aromatic heterocycles. The molecule has 0 radical (unpaired) electrons. The Bertz CT molecular complexity index is 1200. The van der Waals surface area contributed by atoms with E-state index in [2.05, 4.69) is 20.2 Å². The molecular weight excluding hydrogens is 500 g/mol. The topological polar surface area (TPSA) is 85.8 Å². The summed E-state index contributed by atoms with van der Waals surface area (Å²) in [5.74, 6) is 1.85. The van der Waals surface area contributed by atoms with Gasteiger partial charge in [-0.15, -0.1) is 0 Å². The molecule has 1 amide bonds. The normalized spacial score (nSPS) is 14.6. The van der Waals surface area contributed by atoms with Crippen LogP contribution in [-0.4, -0.2) is 54.8 Å². The molecule has 1 atom stereocenters. The summed E-state index contributed by atoms with van der Waals surface area (Å²) in [6.07, 6.45) is 8.12. The average Bonchev–Trinajstić information content (AvgIpc) is 3.35. The van der Waals surface area contributed by atoms with Crippen LogP contribution < -0.4 is 19.7 Å². The molecule has 190 valence electrons. The Morgan fingerprint density at radius 3 is 2.89 bits per heavy atom. The third-order valence-corrected chi connectivity index (χ3v) is 6.46. The van der Waals surface area contributed by atoms with E-state index in [1.807, 2.05) is 38.1 Å². The number of ether oxygens (including phenoxy) is 3. The molecular formula is C26H29ClN4O4S. The molecule has 1 fully saturated rings. The first-order chi connectivity index (χ1) is 17.5. The smallest absolute Gasteiger partial charge is 0.279 e. The lowest BCUT2D eigenvalue weighted by Gasteiger charge is -2.27. The van der Waals surface area contributed by atoms with Crippen molar-refractivity contribution in [1.29, 1.82) is 0 Å². The summed E-state index contributed by atoms with van der Waals surface area (Å²) >= 11 is 7.71. The molecule has 4 rings (SSSR count). The molecule has 0 saturated carbocycles. The minimum Gasteiger partial charge on any atom is -0.494 e. The summed E-state index contributed by atoms with van der Waals surface area (Å²) in [7, 11) is 0. The van der Waals surface area contributed by atoms with Crippen molar-refractivity contribution >= 4 is 40.7 Å². The number of rotatable bonds is 10. The molecule has 8 nitrogen and oxygen atoms in total. The van der Waals surface area contributed by atoms with Crippen LogP contribution in [0, 0.1) is 0 Å². The van der Waals surface area contributed by atoms with Gasteiger partial charge in [0.15, 0.2) is 0 Å². The first-order valence-electron chi connectivity index (χ1n) is 11.9. The zero-order chi connectivity index (χ0) is 25.3. The minimum atomic E-state index is -0.186. The summed E-state index contributed by atoms with van der Waals surface area (Å²) in [5, 5.41) is 3.93. The minimum absolute atomic E-state index is 0.154. The van der Waals surface area contributed by atoms with Gasteiger partial charge in [0.2, 0.25) is 0 Å². The number of hydrogen-bond donors (Lipinski definition) is 1. The van der Waals surface area contributed by atoms with Crippen LogP contribution in [0.25, 0.3) is 6.08 Å². The highest BCUT2D eigenvalue weighted by Gasteiger charge is 2.15. The van der Waals surface area contributed by atoms with E-state index in [0.29, 0.717) is 47.1 Å². The van der Waals surface area contributed by atoms with Crippen LogP contribution in [0.1, 0.15) is 35.5 Å². The van der Waals surface area contributed by atoms with Gasteiger partial charge in [-0.2, -0.15) is 0 Å². The van der Waals surface area contributed by atoms with Gasteiger partial charge in [-0.25, -0.2) is 9.97 Å². The van der Waals surface area contributed by atoms with E-state index in [1.165, 1.54) is 11.3 Å². The maximum atomic E-state index is 12.8. The van der Waals surface area contributed by atoms with Gasteiger partial charge in [0.1, 0.15) is 17.3 Å². The number of halogens is 1. The van der Waals surface area contributed by atoms with Gasteiger partial charge in [0, 0.05) is 43.2 Å². The first-order valence-corrected chi connectivity index (χ1v) is 13.0. The number of carbonyl (C=O) groups is 1. The lowest BCUT2D eigenvalue weighted by Crippen LogP contribution is -2.37. The molecule has 1 saturated heterocycles. The molecule has 0 unspecified atom stereocenters. The number of nitrogens with zero attached hydrogens (tertiary/aromatic N) is 3. The predicted octanol–water partition coefficient (Wildman–Crippen LogP) is 5.44. The molecule has 10 heteroatoms. The molecule has 0 aliphatic carbocycles. The molecule has 3 aromatic rings. The van der Waals surface area contributed by atoms with Gasteiger partial charge in [0.25, 0.3) is 11.1 Å². The Morgan fingerprint density at radius 2 is 2.11 bits per heavy atom. The number of anilines is 1. The molecule has 0 bridgehead atoms. The molecule has 36 heavy (non-hydrogen) atoms. The van der Waals surface area contributed by atoms with E-state index in [-0.39, 0.29) is 11.9 Å². The monoisotopic (exact) mass is 528 g/mol. The molecule has 1 aromatic carbocycles. The summed E-state index contributed by atoms with van der Waals surface area (Å²) in [4.78, 5) is 24.5. The fourth-order valence-electron chi connectivity index (χ4n) is 3.46. The maximum absolute atomic E-state index is 12.8. The van der Waals surface area contributed by atoms with Crippen molar-refractivity contribution in [2.45, 2.75) is 26.3 Å². The first kappa shape index (κ1) is 25.9. The standard InChI is InChI=1S/C26H29ClN4O4S/c1-3-12-34-20-5-7-23(22(27)16-20)35-26-29-17-21(36-26)6-4-18(2)30-25(32)19-8-9-28-24(15-19)31-10-13-33-14-11-31/h4-9,15-18H,3,10-14H2,1-2H3,(H,30,32)/b6-4+/t18-/m0/s1. The van der Waals surface area contributed by atoms with Crippen LogP contribution in [0.5, 0.6) is 16.7 Å². The lowest BCUT2D eigenvalue weighted by molar-refractivity contribution is 0.0947. The van der Waals surface area contributed by atoms with Gasteiger partial charge in [-0.05, 0) is 43.7 Å².